The van der Waals surface area contributed by atoms with Crippen LogP contribution in [0.5, 0.6) is 0 Å². The maximum absolute atomic E-state index is 10.8. The Bertz CT molecular complexity index is 493. The van der Waals surface area contributed by atoms with E-state index in [4.69, 9.17) is 5.11 Å². The Morgan fingerprint density at radius 2 is 2.27 bits per heavy atom. The molecule has 1 aromatic heterocycles. The van der Waals surface area contributed by atoms with Crippen LogP contribution in [0.4, 0.5) is 0 Å². The zero-order chi connectivity index (χ0) is 10.8. The topological polar surface area (TPSA) is 80.9 Å². The lowest BCUT2D eigenvalue weighted by molar-refractivity contribution is 0.0697. The summed E-state index contributed by atoms with van der Waals surface area (Å²) in [5.41, 5.74) is 1.79. The first-order chi connectivity index (χ1) is 7.18. The second kappa shape index (κ2) is 3.49. The van der Waals surface area contributed by atoms with E-state index < -0.39 is 5.97 Å². The average Bonchev–Trinajstić information content (AvgIpc) is 2.71. The number of aromatic nitrogens is 4. The van der Waals surface area contributed by atoms with Crippen molar-refractivity contribution in [3.63, 3.8) is 0 Å². The second-order valence-corrected chi connectivity index (χ2v) is 3.06. The number of nitrogens with zero attached hydrogens (tertiary/aromatic N) is 4. The van der Waals surface area contributed by atoms with E-state index in [0.717, 1.165) is 5.56 Å². The molecule has 15 heavy (non-hydrogen) atoms. The van der Waals surface area contributed by atoms with Crippen molar-refractivity contribution < 1.29 is 9.90 Å². The van der Waals surface area contributed by atoms with Gasteiger partial charge in [-0.1, -0.05) is 6.07 Å². The fourth-order valence-corrected chi connectivity index (χ4v) is 1.26. The number of carboxylic acid groups (broad SMARTS) is 1. The van der Waals surface area contributed by atoms with Crippen LogP contribution in [0.2, 0.25) is 0 Å². The first-order valence-corrected chi connectivity index (χ1v) is 4.26. The van der Waals surface area contributed by atoms with Crippen molar-refractivity contribution in [3.8, 4) is 5.69 Å². The van der Waals surface area contributed by atoms with Gasteiger partial charge in [-0.15, -0.1) is 5.10 Å². The molecule has 0 saturated carbocycles. The predicted octanol–water partition coefficient (Wildman–Crippen LogP) is 0.669. The van der Waals surface area contributed by atoms with Crippen LogP contribution in [-0.2, 0) is 0 Å². The van der Waals surface area contributed by atoms with Gasteiger partial charge in [0.2, 0.25) is 0 Å². The van der Waals surface area contributed by atoms with E-state index in [-0.39, 0.29) is 5.56 Å². The zero-order valence-corrected chi connectivity index (χ0v) is 7.95. The van der Waals surface area contributed by atoms with Crippen LogP contribution in [0.1, 0.15) is 15.9 Å². The summed E-state index contributed by atoms with van der Waals surface area (Å²) in [6.07, 6.45) is 1.42. The predicted molar refractivity (Wildman–Crippen MR) is 50.9 cm³/mol. The number of carboxylic acids is 1. The molecule has 0 fully saturated rings. The fraction of sp³-hybridized carbons (Fsp3) is 0.111. The summed E-state index contributed by atoms with van der Waals surface area (Å²) in [4.78, 5) is 10.8. The molecule has 2 rings (SSSR count). The van der Waals surface area contributed by atoms with Gasteiger partial charge in [0.15, 0.2) is 0 Å². The van der Waals surface area contributed by atoms with Gasteiger partial charge in [0.25, 0.3) is 0 Å². The summed E-state index contributed by atoms with van der Waals surface area (Å²) in [5, 5.41) is 19.5. The smallest absolute Gasteiger partial charge is 0.335 e. The molecule has 2 aromatic rings. The zero-order valence-electron chi connectivity index (χ0n) is 7.95. The van der Waals surface area contributed by atoms with Crippen molar-refractivity contribution in [3.05, 3.63) is 35.7 Å². The number of tetrazole rings is 1. The van der Waals surface area contributed by atoms with E-state index in [1.165, 1.54) is 17.1 Å². The molecule has 0 spiro atoms. The normalized spacial score (nSPS) is 10.2. The minimum Gasteiger partial charge on any atom is -0.478 e. The van der Waals surface area contributed by atoms with Crippen molar-refractivity contribution in [2.75, 3.05) is 0 Å². The number of aromatic carboxylic acids is 1. The van der Waals surface area contributed by atoms with Crippen LogP contribution in [0.25, 0.3) is 5.69 Å². The third-order valence-corrected chi connectivity index (χ3v) is 2.05. The Morgan fingerprint density at radius 3 is 2.87 bits per heavy atom. The molecule has 0 bridgehead atoms. The molecule has 1 N–H and O–H groups in total. The van der Waals surface area contributed by atoms with E-state index in [9.17, 15) is 4.79 Å². The second-order valence-electron chi connectivity index (χ2n) is 3.06. The molecule has 0 unspecified atom stereocenters. The Kier molecular flexibility index (Phi) is 2.17. The molecule has 6 heteroatoms. The van der Waals surface area contributed by atoms with Crippen molar-refractivity contribution >= 4 is 5.97 Å². The largest absolute Gasteiger partial charge is 0.478 e. The van der Waals surface area contributed by atoms with Gasteiger partial charge in [0.05, 0.1) is 11.3 Å². The van der Waals surface area contributed by atoms with Gasteiger partial charge in [0, 0.05) is 0 Å². The van der Waals surface area contributed by atoms with Gasteiger partial charge in [-0.2, -0.15) is 0 Å². The molecular weight excluding hydrogens is 196 g/mol. The highest BCUT2D eigenvalue weighted by atomic mass is 16.4. The number of benzene rings is 1. The van der Waals surface area contributed by atoms with Crippen LogP contribution in [0.3, 0.4) is 0 Å². The summed E-state index contributed by atoms with van der Waals surface area (Å²) < 4.78 is 1.43. The summed E-state index contributed by atoms with van der Waals surface area (Å²) in [5.74, 6) is -0.968. The Balaban J connectivity index is 2.55. The number of carbonyl (C=O) groups is 1. The minimum absolute atomic E-state index is 0.214. The van der Waals surface area contributed by atoms with Gasteiger partial charge < -0.3 is 5.11 Å². The quantitative estimate of drug-likeness (QED) is 0.777. The maximum atomic E-state index is 10.8. The first kappa shape index (κ1) is 9.32. The lowest BCUT2D eigenvalue weighted by Crippen LogP contribution is -2.02. The monoisotopic (exact) mass is 204 g/mol. The van der Waals surface area contributed by atoms with Crippen molar-refractivity contribution in [1.29, 1.82) is 0 Å². The highest BCUT2D eigenvalue weighted by Crippen LogP contribution is 2.14. The van der Waals surface area contributed by atoms with E-state index in [0.29, 0.717) is 5.69 Å². The molecule has 76 valence electrons. The molecule has 0 saturated heterocycles. The molecule has 0 radical (unpaired) electrons. The average molecular weight is 204 g/mol. The maximum Gasteiger partial charge on any atom is 0.335 e. The third-order valence-electron chi connectivity index (χ3n) is 2.05. The molecule has 6 nitrogen and oxygen atoms in total. The van der Waals surface area contributed by atoms with E-state index >= 15 is 0 Å². The minimum atomic E-state index is -0.968. The number of hydrogen-bond acceptors (Lipinski definition) is 4. The SMILES string of the molecule is Cc1ccc(C(=O)O)cc1-n1cnnn1. The van der Waals surface area contributed by atoms with E-state index in [2.05, 4.69) is 15.5 Å². The lowest BCUT2D eigenvalue weighted by Gasteiger charge is -2.04. The number of hydrogen-bond donors (Lipinski definition) is 1. The molecule has 0 aliphatic rings. The summed E-state index contributed by atoms with van der Waals surface area (Å²) in [6, 6.07) is 4.81. The highest BCUT2D eigenvalue weighted by molar-refractivity contribution is 5.88. The molecule has 0 amide bonds. The first-order valence-electron chi connectivity index (χ1n) is 4.26. The van der Waals surface area contributed by atoms with E-state index in [1.54, 1.807) is 12.1 Å². The number of rotatable bonds is 2. The molecular formula is C9H8N4O2. The van der Waals surface area contributed by atoms with Crippen LogP contribution in [0, 0.1) is 6.92 Å². The highest BCUT2D eigenvalue weighted by Gasteiger charge is 2.08. The lowest BCUT2D eigenvalue weighted by atomic mass is 10.1. The van der Waals surface area contributed by atoms with Gasteiger partial charge in [-0.05, 0) is 35.0 Å². The van der Waals surface area contributed by atoms with Crippen LogP contribution in [-0.4, -0.2) is 31.3 Å². The molecule has 0 atom stereocenters. The summed E-state index contributed by atoms with van der Waals surface area (Å²) in [7, 11) is 0. The fourth-order valence-electron chi connectivity index (χ4n) is 1.26. The van der Waals surface area contributed by atoms with Gasteiger partial charge in [0.1, 0.15) is 6.33 Å². The van der Waals surface area contributed by atoms with Gasteiger partial charge >= 0.3 is 5.97 Å². The van der Waals surface area contributed by atoms with Crippen LogP contribution in [0.15, 0.2) is 24.5 Å². The Morgan fingerprint density at radius 1 is 1.47 bits per heavy atom. The van der Waals surface area contributed by atoms with Gasteiger partial charge in [-0.25, -0.2) is 9.48 Å². The molecule has 0 aliphatic carbocycles. The van der Waals surface area contributed by atoms with Crippen molar-refractivity contribution in [1.82, 2.24) is 20.2 Å². The summed E-state index contributed by atoms with van der Waals surface area (Å²) in [6.45, 7) is 1.86. The van der Waals surface area contributed by atoms with Crippen LogP contribution >= 0.6 is 0 Å². The van der Waals surface area contributed by atoms with Crippen molar-refractivity contribution in [2.24, 2.45) is 0 Å². The van der Waals surface area contributed by atoms with Gasteiger partial charge in [-0.3, -0.25) is 0 Å². The molecule has 1 aromatic carbocycles. The van der Waals surface area contributed by atoms with E-state index in [1.807, 2.05) is 6.92 Å². The Labute approximate surface area is 85.2 Å². The van der Waals surface area contributed by atoms with Crippen molar-refractivity contribution in [2.45, 2.75) is 6.92 Å². The van der Waals surface area contributed by atoms with Crippen LogP contribution < -0.4 is 0 Å². The Hall–Kier alpha value is -2.24. The molecule has 0 aliphatic heterocycles. The molecule has 1 heterocycles. The number of aryl methyl sites for hydroxylation is 1. The summed E-state index contributed by atoms with van der Waals surface area (Å²) >= 11 is 0. The third kappa shape index (κ3) is 1.69. The standard InChI is InChI=1S/C9H8N4O2/c1-6-2-3-7(9(14)15)4-8(6)13-5-10-11-12-13/h2-5H,1H3,(H,14,15).